The average molecular weight is 133 g/mol. The van der Waals surface area contributed by atoms with Crippen molar-refractivity contribution in [2.45, 2.75) is 5.03 Å². The van der Waals surface area contributed by atoms with Crippen molar-refractivity contribution in [3.63, 3.8) is 0 Å². The van der Waals surface area contributed by atoms with Gasteiger partial charge in [0.15, 0.2) is 0 Å². The Labute approximate surface area is 49.7 Å². The van der Waals surface area contributed by atoms with Crippen molar-refractivity contribution in [3.8, 4) is 0 Å². The second-order valence-corrected chi connectivity index (χ2v) is 2.05. The summed E-state index contributed by atoms with van der Waals surface area (Å²) in [5.74, 6) is 0. The summed E-state index contributed by atoms with van der Waals surface area (Å²) in [5.41, 5.74) is 0. The van der Waals surface area contributed by atoms with Crippen LogP contribution in [-0.4, -0.2) is 15.4 Å². The number of hydrogen-bond donors (Lipinski definition) is 2. The van der Waals surface area contributed by atoms with Gasteiger partial charge in [-0.3, -0.25) is 5.10 Å². The molecule has 0 radical (unpaired) electrons. The van der Waals surface area contributed by atoms with Gasteiger partial charge in [-0.1, -0.05) is 5.21 Å². The molecule has 0 fully saturated rings. The van der Waals surface area contributed by atoms with E-state index in [9.17, 15) is 0 Å². The highest BCUT2D eigenvalue weighted by Crippen LogP contribution is 2.15. The minimum Gasteiger partial charge on any atom is -0.264 e. The van der Waals surface area contributed by atoms with E-state index in [-0.39, 0.29) is 0 Å². The van der Waals surface area contributed by atoms with Crippen molar-refractivity contribution < 1.29 is 0 Å². The fraction of sp³-hybridized carbons (Fsp3) is 0. The van der Waals surface area contributed by atoms with E-state index in [0.29, 0.717) is 0 Å². The Morgan fingerprint density at radius 3 is 3.00 bits per heavy atom. The van der Waals surface area contributed by atoms with E-state index >= 15 is 0 Å². The average Bonchev–Trinajstić information content (AvgIpc) is 2.14. The maximum atomic E-state index is 3.87. The molecule has 0 saturated carbocycles. The summed E-state index contributed by atoms with van der Waals surface area (Å²) in [5, 5.41) is 10.4. The van der Waals surface area contributed by atoms with Gasteiger partial charge in [0.1, 0.15) is 5.03 Å². The molecule has 0 aliphatic carbocycles. The lowest BCUT2D eigenvalue weighted by molar-refractivity contribution is 0.912. The van der Waals surface area contributed by atoms with Crippen LogP contribution in [0.3, 0.4) is 0 Å². The molecule has 1 aromatic rings. The van der Waals surface area contributed by atoms with Crippen LogP contribution in [0.4, 0.5) is 0 Å². The molecule has 3 nitrogen and oxygen atoms in total. The summed E-state index contributed by atoms with van der Waals surface area (Å²) in [4.78, 5) is 0. The number of aromatic amines is 1. The van der Waals surface area contributed by atoms with Crippen LogP contribution in [0.1, 0.15) is 0 Å². The Bertz CT molecular complexity index is 125. The van der Waals surface area contributed by atoms with Gasteiger partial charge >= 0.3 is 0 Å². The lowest BCUT2D eigenvalue weighted by Crippen LogP contribution is -1.65. The largest absolute Gasteiger partial charge is 0.264 e. The Balaban J connectivity index is 2.76. The zero-order valence-electron chi connectivity index (χ0n) is 3.33. The Morgan fingerprint density at radius 1 is 1.86 bits per heavy atom. The maximum absolute atomic E-state index is 3.87. The molecule has 38 valence electrons. The van der Waals surface area contributed by atoms with Gasteiger partial charge in [0, 0.05) is 0 Å². The standard InChI is InChI=1S/C2H3N3S2/c6-7-2-1-3-5-4-2/h1,6H,(H,3,4,5). The predicted octanol–water partition coefficient (Wildman–Crippen LogP) is 0.742. The molecule has 0 aromatic carbocycles. The molecule has 0 unspecified atom stereocenters. The number of thiol groups is 1. The smallest absolute Gasteiger partial charge is 0.148 e. The number of nitrogens with one attached hydrogen (secondary N) is 1. The third kappa shape index (κ3) is 1.10. The first-order valence-electron chi connectivity index (χ1n) is 1.61. The zero-order chi connectivity index (χ0) is 5.11. The third-order valence-electron chi connectivity index (χ3n) is 0.488. The monoisotopic (exact) mass is 133 g/mol. The summed E-state index contributed by atoms with van der Waals surface area (Å²) in [6.07, 6.45) is 1.68. The van der Waals surface area contributed by atoms with Crippen molar-refractivity contribution >= 4 is 22.5 Å². The van der Waals surface area contributed by atoms with Gasteiger partial charge in [-0.15, -0.1) is 16.8 Å². The maximum Gasteiger partial charge on any atom is 0.148 e. The predicted molar refractivity (Wildman–Crippen MR) is 31.2 cm³/mol. The van der Waals surface area contributed by atoms with Crippen LogP contribution < -0.4 is 0 Å². The molecule has 0 atom stereocenters. The normalized spacial score (nSPS) is 9.29. The van der Waals surface area contributed by atoms with E-state index in [2.05, 4.69) is 27.1 Å². The van der Waals surface area contributed by atoms with Gasteiger partial charge in [-0.25, -0.2) is 0 Å². The molecule has 7 heavy (non-hydrogen) atoms. The van der Waals surface area contributed by atoms with E-state index in [1.54, 1.807) is 6.20 Å². The molecule has 0 aliphatic heterocycles. The van der Waals surface area contributed by atoms with Gasteiger partial charge in [0.25, 0.3) is 0 Å². The van der Waals surface area contributed by atoms with E-state index in [1.807, 2.05) is 0 Å². The third-order valence-corrected chi connectivity index (χ3v) is 1.44. The van der Waals surface area contributed by atoms with E-state index in [1.165, 1.54) is 10.8 Å². The van der Waals surface area contributed by atoms with Crippen LogP contribution in [0.2, 0.25) is 0 Å². The Morgan fingerprint density at radius 2 is 2.71 bits per heavy atom. The SMILES string of the molecule is SSc1c[nH]nn1. The highest BCUT2D eigenvalue weighted by atomic mass is 33.1. The summed E-state index contributed by atoms with van der Waals surface area (Å²) in [6.45, 7) is 0. The molecule has 1 aromatic heterocycles. The van der Waals surface area contributed by atoms with Crippen LogP contribution in [0, 0.1) is 0 Å². The summed E-state index contributed by atoms with van der Waals surface area (Å²) in [7, 11) is 1.27. The van der Waals surface area contributed by atoms with Crippen LogP contribution >= 0.6 is 22.5 Å². The number of nitrogens with zero attached hydrogens (tertiary/aromatic N) is 2. The minimum absolute atomic E-state index is 0.795. The number of H-pyrrole nitrogens is 1. The Hall–Kier alpha value is -0.160. The van der Waals surface area contributed by atoms with Crippen LogP contribution in [0.15, 0.2) is 11.2 Å². The molecule has 1 N–H and O–H groups in total. The van der Waals surface area contributed by atoms with Crippen molar-refractivity contribution in [2.24, 2.45) is 0 Å². The molecular formula is C2H3N3S2. The number of aromatic nitrogens is 3. The summed E-state index contributed by atoms with van der Waals surface area (Å²) >= 11 is 3.87. The minimum atomic E-state index is 0.795. The number of rotatable bonds is 1. The molecule has 0 aliphatic rings. The molecule has 5 heteroatoms. The second-order valence-electron chi connectivity index (χ2n) is 0.903. The van der Waals surface area contributed by atoms with Gasteiger partial charge in [0.2, 0.25) is 0 Å². The van der Waals surface area contributed by atoms with Crippen LogP contribution in [0.25, 0.3) is 0 Å². The van der Waals surface area contributed by atoms with Gasteiger partial charge in [0.05, 0.1) is 6.20 Å². The lowest BCUT2D eigenvalue weighted by Gasteiger charge is -1.73. The van der Waals surface area contributed by atoms with Crippen LogP contribution in [-0.2, 0) is 0 Å². The van der Waals surface area contributed by atoms with Gasteiger partial charge in [-0.05, 0) is 10.8 Å². The van der Waals surface area contributed by atoms with Gasteiger partial charge in [-0.2, -0.15) is 0 Å². The molecular weight excluding hydrogens is 130 g/mol. The number of hydrogen-bond acceptors (Lipinski definition) is 4. The van der Waals surface area contributed by atoms with Crippen molar-refractivity contribution in [2.75, 3.05) is 0 Å². The summed E-state index contributed by atoms with van der Waals surface area (Å²) in [6, 6.07) is 0. The van der Waals surface area contributed by atoms with Crippen molar-refractivity contribution in [3.05, 3.63) is 6.20 Å². The first kappa shape index (κ1) is 4.99. The fourth-order valence-corrected chi connectivity index (χ4v) is 0.686. The van der Waals surface area contributed by atoms with Crippen LogP contribution in [0.5, 0.6) is 0 Å². The highest BCUT2D eigenvalue weighted by molar-refractivity contribution is 8.68. The lowest BCUT2D eigenvalue weighted by atomic mass is 11.0. The molecule has 1 heterocycles. The fourth-order valence-electron chi connectivity index (χ4n) is 0.236. The van der Waals surface area contributed by atoms with E-state index < -0.39 is 0 Å². The van der Waals surface area contributed by atoms with Crippen molar-refractivity contribution in [1.29, 1.82) is 0 Å². The molecule has 1 rings (SSSR count). The highest BCUT2D eigenvalue weighted by Gasteiger charge is 1.87. The molecule has 0 saturated heterocycles. The summed E-state index contributed by atoms with van der Waals surface area (Å²) < 4.78 is 0. The van der Waals surface area contributed by atoms with E-state index in [0.717, 1.165) is 5.03 Å². The van der Waals surface area contributed by atoms with Gasteiger partial charge < -0.3 is 0 Å². The molecule has 0 amide bonds. The first-order valence-corrected chi connectivity index (χ1v) is 3.48. The quantitative estimate of drug-likeness (QED) is 0.438. The zero-order valence-corrected chi connectivity index (χ0v) is 5.04. The van der Waals surface area contributed by atoms with Crippen molar-refractivity contribution in [1.82, 2.24) is 15.4 Å². The first-order chi connectivity index (χ1) is 3.43. The molecule has 0 spiro atoms. The second kappa shape index (κ2) is 2.23. The van der Waals surface area contributed by atoms with E-state index in [4.69, 9.17) is 0 Å². The Kier molecular flexibility index (Phi) is 1.59. The topological polar surface area (TPSA) is 41.6 Å². The molecule has 0 bridgehead atoms.